The maximum absolute atomic E-state index is 12.4. The van der Waals surface area contributed by atoms with E-state index in [-0.39, 0.29) is 23.8 Å². The highest BCUT2D eigenvalue weighted by molar-refractivity contribution is 5.80. The second-order valence-electron chi connectivity index (χ2n) is 7.19. The summed E-state index contributed by atoms with van der Waals surface area (Å²) in [6.07, 6.45) is 12.5. The molecule has 2 aliphatic heterocycles. The summed E-state index contributed by atoms with van der Waals surface area (Å²) in [5, 5.41) is 11.2. The van der Waals surface area contributed by atoms with Crippen molar-refractivity contribution in [1.82, 2.24) is 10.2 Å². The molecule has 24 heavy (non-hydrogen) atoms. The molecule has 0 aromatic carbocycles. The van der Waals surface area contributed by atoms with E-state index in [0.717, 1.165) is 51.6 Å². The molecule has 0 spiro atoms. The number of hydrogen-bond acceptors (Lipinski definition) is 4. The van der Waals surface area contributed by atoms with E-state index >= 15 is 0 Å². The third-order valence-corrected chi connectivity index (χ3v) is 5.37. The highest BCUT2D eigenvalue weighted by Crippen LogP contribution is 2.37. The minimum atomic E-state index is -0.395. The number of terminal acetylenes is 1. The Balaban J connectivity index is 1.37. The largest absolute Gasteiger partial charge is 0.353 e. The van der Waals surface area contributed by atoms with Crippen LogP contribution in [0.4, 0.5) is 0 Å². The summed E-state index contributed by atoms with van der Waals surface area (Å²) in [7, 11) is 0. The van der Waals surface area contributed by atoms with E-state index < -0.39 is 5.66 Å². The Labute approximate surface area is 143 Å². The first-order chi connectivity index (χ1) is 11.6. The van der Waals surface area contributed by atoms with Crippen LogP contribution in [0.2, 0.25) is 0 Å². The molecule has 2 amide bonds. The van der Waals surface area contributed by atoms with Crippen LogP contribution in [0.3, 0.4) is 0 Å². The summed E-state index contributed by atoms with van der Waals surface area (Å²) in [5.74, 6) is 3.00. The molecule has 0 radical (unpaired) electrons. The molecule has 0 aromatic rings. The Morgan fingerprint density at radius 3 is 2.62 bits per heavy atom. The molecule has 3 aliphatic rings. The van der Waals surface area contributed by atoms with Gasteiger partial charge in [-0.15, -0.1) is 12.3 Å². The van der Waals surface area contributed by atoms with Crippen LogP contribution in [0, 0.1) is 18.3 Å². The molecule has 6 heteroatoms. The topological polar surface area (TPSA) is 74.1 Å². The number of rotatable bonds is 7. The van der Waals surface area contributed by atoms with Crippen LogP contribution in [-0.2, 0) is 9.59 Å². The molecule has 0 bridgehead atoms. The highest BCUT2D eigenvalue weighted by Gasteiger charge is 2.40. The molecule has 3 rings (SSSR count). The SMILES string of the molecule is C#CCCC1(CCC(=O)N[C@H]2CC[C@@H](C(=O)N3CCCC3)C2)N=N1. The zero-order valence-corrected chi connectivity index (χ0v) is 14.2. The first-order valence-corrected chi connectivity index (χ1v) is 9.07. The lowest BCUT2D eigenvalue weighted by Crippen LogP contribution is -2.36. The quantitative estimate of drug-likeness (QED) is 0.727. The Hall–Kier alpha value is -1.90. The van der Waals surface area contributed by atoms with E-state index in [0.29, 0.717) is 19.3 Å². The predicted octanol–water partition coefficient (Wildman–Crippen LogP) is 2.25. The lowest BCUT2D eigenvalue weighted by Gasteiger charge is -2.20. The molecular formula is C18H26N4O2. The maximum Gasteiger partial charge on any atom is 0.225 e. The summed E-state index contributed by atoms with van der Waals surface area (Å²) in [5.41, 5.74) is -0.395. The second-order valence-corrected chi connectivity index (χ2v) is 7.19. The predicted molar refractivity (Wildman–Crippen MR) is 90.0 cm³/mol. The third-order valence-electron chi connectivity index (χ3n) is 5.37. The smallest absolute Gasteiger partial charge is 0.225 e. The van der Waals surface area contributed by atoms with Crippen LogP contribution >= 0.6 is 0 Å². The fourth-order valence-corrected chi connectivity index (χ4v) is 3.81. The molecule has 1 saturated heterocycles. The summed E-state index contributed by atoms with van der Waals surface area (Å²) in [4.78, 5) is 26.6. The van der Waals surface area contributed by atoms with Gasteiger partial charge in [-0.25, -0.2) is 0 Å². The average molecular weight is 330 g/mol. The van der Waals surface area contributed by atoms with Crippen molar-refractivity contribution in [1.29, 1.82) is 0 Å². The van der Waals surface area contributed by atoms with Crippen LogP contribution in [-0.4, -0.2) is 41.5 Å². The molecule has 130 valence electrons. The molecule has 1 aliphatic carbocycles. The van der Waals surface area contributed by atoms with Crippen molar-refractivity contribution < 1.29 is 9.59 Å². The minimum Gasteiger partial charge on any atom is -0.353 e. The van der Waals surface area contributed by atoms with Crippen molar-refractivity contribution in [3.05, 3.63) is 0 Å². The lowest BCUT2D eigenvalue weighted by atomic mass is 10.0. The summed E-state index contributed by atoms with van der Waals surface area (Å²) in [6.45, 7) is 1.80. The molecule has 2 atom stereocenters. The Morgan fingerprint density at radius 1 is 1.21 bits per heavy atom. The highest BCUT2D eigenvalue weighted by atomic mass is 16.2. The number of nitrogens with one attached hydrogen (secondary N) is 1. The first-order valence-electron chi connectivity index (χ1n) is 9.07. The van der Waals surface area contributed by atoms with Gasteiger partial charge in [0.15, 0.2) is 5.66 Å². The first kappa shape index (κ1) is 16.9. The van der Waals surface area contributed by atoms with Gasteiger partial charge in [-0.3, -0.25) is 9.59 Å². The van der Waals surface area contributed by atoms with Gasteiger partial charge in [-0.1, -0.05) is 0 Å². The van der Waals surface area contributed by atoms with Gasteiger partial charge in [0.25, 0.3) is 0 Å². The fraction of sp³-hybridized carbons (Fsp3) is 0.778. The van der Waals surface area contributed by atoms with E-state index in [2.05, 4.69) is 21.5 Å². The molecule has 2 heterocycles. The van der Waals surface area contributed by atoms with Gasteiger partial charge in [0.2, 0.25) is 11.8 Å². The van der Waals surface area contributed by atoms with Crippen LogP contribution in [0.15, 0.2) is 10.2 Å². The summed E-state index contributed by atoms with van der Waals surface area (Å²) < 4.78 is 0. The summed E-state index contributed by atoms with van der Waals surface area (Å²) >= 11 is 0. The van der Waals surface area contributed by atoms with Crippen molar-refractivity contribution in [3.8, 4) is 12.3 Å². The number of carbonyl (C=O) groups is 2. The number of nitrogens with zero attached hydrogens (tertiary/aromatic N) is 3. The Bertz CT molecular complexity index is 554. The van der Waals surface area contributed by atoms with Crippen LogP contribution in [0.5, 0.6) is 0 Å². The van der Waals surface area contributed by atoms with Crippen molar-refractivity contribution in [2.45, 2.75) is 69.5 Å². The van der Waals surface area contributed by atoms with Crippen molar-refractivity contribution in [2.75, 3.05) is 13.1 Å². The van der Waals surface area contributed by atoms with Gasteiger partial charge in [-0.2, -0.15) is 10.2 Å². The van der Waals surface area contributed by atoms with E-state index in [1.807, 2.05) is 4.90 Å². The zero-order valence-electron chi connectivity index (χ0n) is 14.2. The van der Waals surface area contributed by atoms with Gasteiger partial charge in [-0.05, 0) is 32.1 Å². The number of hydrogen-bond donors (Lipinski definition) is 1. The molecule has 1 N–H and O–H groups in total. The van der Waals surface area contributed by atoms with Gasteiger partial charge in [0.05, 0.1) is 0 Å². The average Bonchev–Trinajstić information content (AvgIpc) is 2.99. The van der Waals surface area contributed by atoms with E-state index in [4.69, 9.17) is 6.42 Å². The van der Waals surface area contributed by atoms with Crippen LogP contribution < -0.4 is 5.32 Å². The summed E-state index contributed by atoms with van der Waals surface area (Å²) in [6, 6.07) is 0.129. The lowest BCUT2D eigenvalue weighted by molar-refractivity contribution is -0.134. The van der Waals surface area contributed by atoms with Gasteiger partial charge < -0.3 is 10.2 Å². The fourth-order valence-electron chi connectivity index (χ4n) is 3.81. The standard InChI is InChI=1S/C18H26N4O2/c1-2-3-9-18(20-21-18)10-8-16(23)19-15-7-6-14(13-15)17(24)22-11-4-5-12-22/h1,14-15H,3-13H2,(H,19,23)/t14-,15+/m1/s1. The van der Waals surface area contributed by atoms with Gasteiger partial charge in [0, 0.05) is 50.7 Å². The molecule has 2 fully saturated rings. The van der Waals surface area contributed by atoms with E-state index in [9.17, 15) is 9.59 Å². The monoisotopic (exact) mass is 330 g/mol. The van der Waals surface area contributed by atoms with Crippen molar-refractivity contribution >= 4 is 11.8 Å². The van der Waals surface area contributed by atoms with Gasteiger partial charge >= 0.3 is 0 Å². The van der Waals surface area contributed by atoms with E-state index in [1.54, 1.807) is 0 Å². The van der Waals surface area contributed by atoms with Crippen LogP contribution in [0.25, 0.3) is 0 Å². The number of carbonyl (C=O) groups excluding carboxylic acids is 2. The van der Waals surface area contributed by atoms with Gasteiger partial charge in [0.1, 0.15) is 0 Å². The number of likely N-dealkylation sites (tertiary alicyclic amines) is 1. The van der Waals surface area contributed by atoms with Crippen molar-refractivity contribution in [2.24, 2.45) is 16.1 Å². The molecule has 1 saturated carbocycles. The third kappa shape index (κ3) is 4.14. The maximum atomic E-state index is 12.4. The van der Waals surface area contributed by atoms with Crippen LogP contribution in [0.1, 0.15) is 57.8 Å². The molecule has 0 unspecified atom stereocenters. The molecule has 6 nitrogen and oxygen atoms in total. The van der Waals surface area contributed by atoms with E-state index in [1.165, 1.54) is 0 Å². The van der Waals surface area contributed by atoms with Crippen molar-refractivity contribution in [3.63, 3.8) is 0 Å². The number of amides is 2. The zero-order chi connectivity index (χ0) is 17.0. The second kappa shape index (κ2) is 7.33. The normalized spacial score (nSPS) is 27.0. The Kier molecular flexibility index (Phi) is 5.17. The molecule has 0 aromatic heterocycles. The Morgan fingerprint density at radius 2 is 1.96 bits per heavy atom. The minimum absolute atomic E-state index is 0.0339. The molecular weight excluding hydrogens is 304 g/mol.